The second kappa shape index (κ2) is 6.70. The first-order chi connectivity index (χ1) is 14.5. The predicted molar refractivity (Wildman–Crippen MR) is 123 cm³/mol. The summed E-state index contributed by atoms with van der Waals surface area (Å²) in [6, 6.07) is 2.04. The van der Waals surface area contributed by atoms with Gasteiger partial charge in [-0.25, -0.2) is 15.0 Å². The second-order valence-corrected chi connectivity index (χ2v) is 12.1. The zero-order valence-corrected chi connectivity index (χ0v) is 19.1. The summed E-state index contributed by atoms with van der Waals surface area (Å²) in [4.78, 5) is 14.6. The number of imidazole rings is 1. The molecule has 30 heavy (non-hydrogen) atoms. The first-order valence-corrected chi connectivity index (χ1v) is 12.9. The van der Waals surface area contributed by atoms with Crippen molar-refractivity contribution < 1.29 is 4.21 Å². The summed E-state index contributed by atoms with van der Waals surface area (Å²) in [6.45, 7) is 1.98. The minimum Gasteiger partial charge on any atom is -0.396 e. The van der Waals surface area contributed by atoms with Gasteiger partial charge in [0.25, 0.3) is 0 Å². The molecule has 4 aromatic rings. The molecule has 0 radical (unpaired) electrons. The summed E-state index contributed by atoms with van der Waals surface area (Å²) in [6.07, 6.45) is 7.10. The van der Waals surface area contributed by atoms with Crippen LogP contribution in [0.4, 0.5) is 5.69 Å². The molecule has 0 aromatic carbocycles. The van der Waals surface area contributed by atoms with E-state index in [2.05, 4.69) is 14.5 Å². The van der Waals surface area contributed by atoms with Crippen molar-refractivity contribution in [2.45, 2.75) is 35.6 Å². The average molecular weight is 456 g/mol. The van der Waals surface area contributed by atoms with Gasteiger partial charge in [0.15, 0.2) is 0 Å². The first kappa shape index (κ1) is 18.7. The second-order valence-electron chi connectivity index (χ2n) is 8.27. The van der Waals surface area contributed by atoms with Gasteiger partial charge in [-0.05, 0) is 44.1 Å². The van der Waals surface area contributed by atoms with E-state index in [1.54, 1.807) is 17.5 Å². The fourth-order valence-corrected chi connectivity index (χ4v) is 8.54. The number of nitrogens with two attached hydrogens (primary N) is 1. The number of fused-ring (bicyclic) bond motifs is 2. The third-order valence-electron chi connectivity index (χ3n) is 6.50. The maximum atomic E-state index is 13.4. The Labute approximate surface area is 184 Å². The lowest BCUT2D eigenvalue weighted by Gasteiger charge is -2.11. The Balaban J connectivity index is 1.55. The van der Waals surface area contributed by atoms with Gasteiger partial charge in [-0.15, -0.1) is 22.7 Å². The normalized spacial score (nSPS) is 23.7. The van der Waals surface area contributed by atoms with Crippen molar-refractivity contribution in [1.82, 2.24) is 19.5 Å². The number of pyridine rings is 1. The van der Waals surface area contributed by atoms with Gasteiger partial charge in [0.1, 0.15) is 25.6 Å². The number of nitrogen functional groups attached to an aromatic ring is 1. The summed E-state index contributed by atoms with van der Waals surface area (Å²) >= 11 is 3.04. The number of hydrogen-bond acceptors (Lipinski definition) is 7. The van der Waals surface area contributed by atoms with Gasteiger partial charge in [-0.2, -0.15) is 0 Å². The molecule has 0 amide bonds. The summed E-state index contributed by atoms with van der Waals surface area (Å²) in [5.74, 6) is 2.50. The molecule has 3 unspecified atom stereocenters. The smallest absolute Gasteiger partial charge is 0.141 e. The highest BCUT2D eigenvalue weighted by Crippen LogP contribution is 2.54. The van der Waals surface area contributed by atoms with E-state index < -0.39 is 10.8 Å². The molecular weight excluding hydrogens is 434 g/mol. The molecule has 2 aliphatic carbocycles. The average Bonchev–Trinajstić information content (AvgIpc) is 3.22. The van der Waals surface area contributed by atoms with Crippen LogP contribution in [0.1, 0.15) is 25.1 Å². The first-order valence-electron chi connectivity index (χ1n) is 10.0. The van der Waals surface area contributed by atoms with Crippen LogP contribution >= 0.6 is 22.7 Å². The van der Waals surface area contributed by atoms with E-state index in [0.717, 1.165) is 66.9 Å². The summed E-state index contributed by atoms with van der Waals surface area (Å²) in [7, 11) is 0.916. The van der Waals surface area contributed by atoms with Crippen LogP contribution in [-0.2, 0) is 17.8 Å². The van der Waals surface area contributed by atoms with Gasteiger partial charge in [-0.1, -0.05) is 0 Å². The van der Waals surface area contributed by atoms with Gasteiger partial charge in [-0.3, -0.25) is 4.21 Å². The molecule has 2 saturated carbocycles. The van der Waals surface area contributed by atoms with Crippen molar-refractivity contribution in [3.05, 3.63) is 29.7 Å². The number of anilines is 1. The fourth-order valence-electron chi connectivity index (χ4n) is 4.65. The molecule has 3 atom stereocenters. The van der Waals surface area contributed by atoms with Gasteiger partial charge < -0.3 is 10.3 Å². The van der Waals surface area contributed by atoms with Crippen LogP contribution in [-0.4, -0.2) is 29.0 Å². The van der Waals surface area contributed by atoms with Crippen molar-refractivity contribution >= 4 is 49.4 Å². The van der Waals surface area contributed by atoms with Crippen molar-refractivity contribution in [2.24, 2.45) is 18.9 Å². The number of hydrogen-bond donors (Lipinski definition) is 1. The van der Waals surface area contributed by atoms with Crippen LogP contribution in [0.15, 0.2) is 28.0 Å². The number of thiazole rings is 1. The molecule has 0 aliphatic heterocycles. The molecule has 2 aliphatic rings. The highest BCUT2D eigenvalue weighted by atomic mass is 32.2. The SMILES string of the molecule is Cc1ncc(-c2cc(-c3nccs3)nc3sc(S(=O)C4CC5CC5C4)c(N)c23)n1C. The summed E-state index contributed by atoms with van der Waals surface area (Å²) in [5, 5.41) is 3.92. The molecule has 6 rings (SSSR count). The highest BCUT2D eigenvalue weighted by molar-refractivity contribution is 7.88. The minimum absolute atomic E-state index is 0.227. The molecule has 0 spiro atoms. The molecule has 2 fully saturated rings. The Bertz CT molecular complexity index is 1300. The lowest BCUT2D eigenvalue weighted by molar-refractivity contribution is 0.655. The van der Waals surface area contributed by atoms with Crippen molar-refractivity contribution in [3.8, 4) is 22.0 Å². The van der Waals surface area contributed by atoms with E-state index in [4.69, 9.17) is 10.7 Å². The quantitative estimate of drug-likeness (QED) is 0.485. The van der Waals surface area contributed by atoms with Gasteiger partial charge in [0, 0.05) is 34.8 Å². The molecule has 4 heterocycles. The van der Waals surface area contributed by atoms with Gasteiger partial charge in [0.2, 0.25) is 0 Å². The van der Waals surface area contributed by atoms with E-state index in [0.29, 0.717) is 5.69 Å². The molecule has 2 N–H and O–H groups in total. The van der Waals surface area contributed by atoms with Gasteiger partial charge >= 0.3 is 0 Å². The monoisotopic (exact) mass is 455 g/mol. The zero-order valence-electron chi connectivity index (χ0n) is 16.7. The number of thiophene rings is 1. The van der Waals surface area contributed by atoms with Crippen LogP contribution < -0.4 is 5.73 Å². The Kier molecular flexibility index (Phi) is 4.16. The molecule has 4 aromatic heterocycles. The highest BCUT2D eigenvalue weighted by Gasteiger charge is 2.48. The largest absolute Gasteiger partial charge is 0.396 e. The molecule has 0 saturated heterocycles. The van der Waals surface area contributed by atoms with E-state index in [1.807, 2.05) is 31.6 Å². The van der Waals surface area contributed by atoms with Crippen molar-refractivity contribution in [2.75, 3.05) is 5.73 Å². The molecular formula is C21H21N5OS3. The molecule has 0 bridgehead atoms. The third kappa shape index (κ3) is 2.79. The standard InChI is InChI=1S/C21H21N5OS3/c1-10-24-9-16(26(10)2)14-8-15(19-23-3-4-28-19)25-20-17(14)18(22)21(29-20)30(27)13-6-11-5-12(11)7-13/h3-4,8-9,11-13H,5-7,22H2,1-2H3. The molecule has 6 nitrogen and oxygen atoms in total. The lowest BCUT2D eigenvalue weighted by atomic mass is 10.1. The van der Waals surface area contributed by atoms with E-state index in [-0.39, 0.29) is 5.25 Å². The maximum absolute atomic E-state index is 13.4. The van der Waals surface area contributed by atoms with Crippen LogP contribution in [0.3, 0.4) is 0 Å². The number of aryl methyl sites for hydroxylation is 1. The minimum atomic E-state index is -1.08. The Hall–Kier alpha value is -2.10. The Morgan fingerprint density at radius 3 is 2.70 bits per heavy atom. The van der Waals surface area contributed by atoms with Crippen LogP contribution in [0, 0.1) is 18.8 Å². The van der Waals surface area contributed by atoms with E-state index in [1.165, 1.54) is 17.8 Å². The predicted octanol–water partition coefficient (Wildman–Crippen LogP) is 4.62. The van der Waals surface area contributed by atoms with E-state index in [9.17, 15) is 4.21 Å². The number of nitrogens with zero attached hydrogens (tertiary/aromatic N) is 4. The maximum Gasteiger partial charge on any atom is 0.141 e. The fraction of sp³-hybridized carbons (Fsp3) is 0.381. The third-order valence-corrected chi connectivity index (χ3v) is 10.5. The number of rotatable bonds is 4. The van der Waals surface area contributed by atoms with Crippen LogP contribution in [0.2, 0.25) is 0 Å². The van der Waals surface area contributed by atoms with Crippen molar-refractivity contribution in [1.29, 1.82) is 0 Å². The Morgan fingerprint density at radius 2 is 2.03 bits per heavy atom. The van der Waals surface area contributed by atoms with Crippen LogP contribution in [0.25, 0.3) is 32.2 Å². The Morgan fingerprint density at radius 1 is 1.23 bits per heavy atom. The molecule has 154 valence electrons. The lowest BCUT2D eigenvalue weighted by Crippen LogP contribution is -2.13. The topological polar surface area (TPSA) is 86.7 Å². The van der Waals surface area contributed by atoms with Gasteiger partial charge in [0.05, 0.1) is 28.4 Å². The summed E-state index contributed by atoms with van der Waals surface area (Å²) in [5.41, 5.74) is 10.0. The van der Waals surface area contributed by atoms with Crippen molar-refractivity contribution in [3.63, 3.8) is 0 Å². The number of aromatic nitrogens is 4. The summed E-state index contributed by atoms with van der Waals surface area (Å²) < 4.78 is 16.3. The molecule has 9 heteroatoms. The van der Waals surface area contributed by atoms with Crippen LogP contribution in [0.5, 0.6) is 0 Å². The van der Waals surface area contributed by atoms with E-state index >= 15 is 0 Å². The zero-order chi connectivity index (χ0) is 20.6.